The summed E-state index contributed by atoms with van der Waals surface area (Å²) in [6.45, 7) is 5.76. The Morgan fingerprint density at radius 2 is 1.48 bits per heavy atom. The number of hydrogen-bond acceptors (Lipinski definition) is 3. The molecule has 0 radical (unpaired) electrons. The normalized spacial score (nSPS) is 11.6. The molecule has 0 heterocycles. The van der Waals surface area contributed by atoms with Gasteiger partial charge in [-0.3, -0.25) is 25.2 Å². The third-order valence-electron chi connectivity index (χ3n) is 4.05. The maximum atomic E-state index is 12.5. The van der Waals surface area contributed by atoms with Gasteiger partial charge in [-0.05, 0) is 43.0 Å². The van der Waals surface area contributed by atoms with Crippen LogP contribution in [-0.4, -0.2) is 23.8 Å². The van der Waals surface area contributed by atoms with E-state index in [0.717, 1.165) is 5.56 Å². The topological polar surface area (TPSA) is 87.3 Å². The number of amides is 3. The van der Waals surface area contributed by atoms with Gasteiger partial charge in [0.15, 0.2) is 0 Å². The van der Waals surface area contributed by atoms with Crippen LogP contribution in [0.5, 0.6) is 0 Å². The van der Waals surface area contributed by atoms with Gasteiger partial charge < -0.3 is 5.32 Å². The Bertz CT molecular complexity index is 803. The van der Waals surface area contributed by atoms with Crippen molar-refractivity contribution in [2.24, 2.45) is 5.92 Å². The van der Waals surface area contributed by atoms with E-state index in [4.69, 9.17) is 0 Å². The Balaban J connectivity index is 2.02. The number of hydrogen-bond donors (Lipinski definition) is 3. The van der Waals surface area contributed by atoms with Gasteiger partial charge in [-0.25, -0.2) is 0 Å². The zero-order valence-corrected chi connectivity index (χ0v) is 15.8. The van der Waals surface area contributed by atoms with Crippen molar-refractivity contribution in [3.63, 3.8) is 0 Å². The molecule has 3 amide bonds. The molecule has 0 aliphatic rings. The SMILES string of the molecule is Cc1ccccc1C(=O)NC(CC(C)C)C(=O)NNC(=O)c1ccccc1. The molecule has 2 aromatic rings. The van der Waals surface area contributed by atoms with Crippen molar-refractivity contribution in [2.45, 2.75) is 33.2 Å². The first-order valence-corrected chi connectivity index (χ1v) is 8.90. The van der Waals surface area contributed by atoms with E-state index in [1.807, 2.05) is 32.9 Å². The van der Waals surface area contributed by atoms with Crippen molar-refractivity contribution in [3.05, 3.63) is 71.3 Å². The highest BCUT2D eigenvalue weighted by molar-refractivity contribution is 5.99. The number of hydrazine groups is 1. The predicted molar refractivity (Wildman–Crippen MR) is 104 cm³/mol. The molecule has 142 valence electrons. The molecule has 6 nitrogen and oxygen atoms in total. The fraction of sp³-hybridized carbons (Fsp3) is 0.286. The molecule has 0 saturated heterocycles. The summed E-state index contributed by atoms with van der Waals surface area (Å²) >= 11 is 0. The number of rotatable bonds is 6. The summed E-state index contributed by atoms with van der Waals surface area (Å²) in [7, 11) is 0. The molecule has 6 heteroatoms. The highest BCUT2D eigenvalue weighted by atomic mass is 16.2. The minimum Gasteiger partial charge on any atom is -0.340 e. The van der Waals surface area contributed by atoms with Crippen LogP contribution in [-0.2, 0) is 4.79 Å². The highest BCUT2D eigenvalue weighted by Gasteiger charge is 2.23. The zero-order chi connectivity index (χ0) is 19.8. The summed E-state index contributed by atoms with van der Waals surface area (Å²) in [6, 6.07) is 15.0. The summed E-state index contributed by atoms with van der Waals surface area (Å²) in [4.78, 5) is 37.1. The largest absolute Gasteiger partial charge is 0.340 e. The molecule has 2 rings (SSSR count). The van der Waals surface area contributed by atoms with Gasteiger partial charge in [0, 0.05) is 11.1 Å². The molecule has 0 aliphatic heterocycles. The summed E-state index contributed by atoms with van der Waals surface area (Å²) in [5, 5.41) is 2.77. The van der Waals surface area contributed by atoms with Crippen LogP contribution in [0.1, 0.15) is 46.5 Å². The second-order valence-corrected chi connectivity index (χ2v) is 6.78. The van der Waals surface area contributed by atoms with Crippen LogP contribution in [0.4, 0.5) is 0 Å². The highest BCUT2D eigenvalue weighted by Crippen LogP contribution is 2.10. The molecule has 1 atom stereocenters. The first kappa shape index (κ1) is 20.2. The van der Waals surface area contributed by atoms with Crippen LogP contribution in [0.25, 0.3) is 0 Å². The van der Waals surface area contributed by atoms with Crippen LogP contribution in [0.2, 0.25) is 0 Å². The second-order valence-electron chi connectivity index (χ2n) is 6.78. The fourth-order valence-corrected chi connectivity index (χ4v) is 2.63. The maximum Gasteiger partial charge on any atom is 0.269 e. The lowest BCUT2D eigenvalue weighted by Crippen LogP contribution is -2.52. The summed E-state index contributed by atoms with van der Waals surface area (Å²) in [5.41, 5.74) is 6.57. The van der Waals surface area contributed by atoms with E-state index in [2.05, 4.69) is 16.2 Å². The quantitative estimate of drug-likeness (QED) is 0.686. The molecule has 0 fully saturated rings. The zero-order valence-electron chi connectivity index (χ0n) is 15.8. The molecule has 0 aromatic heterocycles. The second kappa shape index (κ2) is 9.52. The lowest BCUT2D eigenvalue weighted by Gasteiger charge is -2.21. The molecule has 3 N–H and O–H groups in total. The van der Waals surface area contributed by atoms with Gasteiger partial charge in [0.1, 0.15) is 6.04 Å². The molecule has 0 spiro atoms. The summed E-state index contributed by atoms with van der Waals surface area (Å²) < 4.78 is 0. The minimum absolute atomic E-state index is 0.183. The van der Waals surface area contributed by atoms with Crippen molar-refractivity contribution < 1.29 is 14.4 Å². The van der Waals surface area contributed by atoms with Crippen molar-refractivity contribution in [1.29, 1.82) is 0 Å². The molecule has 0 aliphatic carbocycles. The first-order valence-electron chi connectivity index (χ1n) is 8.90. The molecular formula is C21H25N3O3. The van der Waals surface area contributed by atoms with Gasteiger partial charge in [0.25, 0.3) is 17.7 Å². The number of carbonyl (C=O) groups excluding carboxylic acids is 3. The molecule has 2 aromatic carbocycles. The van der Waals surface area contributed by atoms with Gasteiger partial charge in [0.2, 0.25) is 0 Å². The predicted octanol–water partition coefficient (Wildman–Crippen LogP) is 2.60. The van der Waals surface area contributed by atoms with Crippen molar-refractivity contribution >= 4 is 17.7 Å². The Morgan fingerprint density at radius 1 is 0.852 bits per heavy atom. The monoisotopic (exact) mass is 367 g/mol. The third-order valence-corrected chi connectivity index (χ3v) is 4.05. The average molecular weight is 367 g/mol. The lowest BCUT2D eigenvalue weighted by molar-refractivity contribution is -0.124. The van der Waals surface area contributed by atoms with Crippen molar-refractivity contribution in [2.75, 3.05) is 0 Å². The molecular weight excluding hydrogens is 342 g/mol. The number of benzene rings is 2. The molecule has 27 heavy (non-hydrogen) atoms. The maximum absolute atomic E-state index is 12.5. The Labute approximate surface area is 159 Å². The Morgan fingerprint density at radius 3 is 2.11 bits per heavy atom. The number of aryl methyl sites for hydroxylation is 1. The smallest absolute Gasteiger partial charge is 0.269 e. The summed E-state index contributed by atoms with van der Waals surface area (Å²) in [6.07, 6.45) is 0.449. The van der Waals surface area contributed by atoms with Gasteiger partial charge in [-0.15, -0.1) is 0 Å². The van der Waals surface area contributed by atoms with E-state index in [9.17, 15) is 14.4 Å². The minimum atomic E-state index is -0.756. The lowest BCUT2D eigenvalue weighted by atomic mass is 10.0. The van der Waals surface area contributed by atoms with Gasteiger partial charge >= 0.3 is 0 Å². The number of nitrogens with one attached hydrogen (secondary N) is 3. The van der Waals surface area contributed by atoms with E-state index in [1.165, 1.54) is 0 Å². The average Bonchev–Trinajstić information content (AvgIpc) is 2.65. The Hall–Kier alpha value is -3.15. The van der Waals surface area contributed by atoms with Crippen molar-refractivity contribution in [3.8, 4) is 0 Å². The van der Waals surface area contributed by atoms with E-state index in [-0.39, 0.29) is 11.8 Å². The van der Waals surface area contributed by atoms with E-state index < -0.39 is 17.9 Å². The molecule has 0 saturated carbocycles. The first-order chi connectivity index (χ1) is 12.9. The molecule has 0 bridgehead atoms. The van der Waals surface area contributed by atoms with Gasteiger partial charge in [-0.1, -0.05) is 50.2 Å². The molecule has 1 unspecified atom stereocenters. The van der Waals surface area contributed by atoms with Gasteiger partial charge in [-0.2, -0.15) is 0 Å². The van der Waals surface area contributed by atoms with Crippen LogP contribution >= 0.6 is 0 Å². The van der Waals surface area contributed by atoms with E-state index >= 15 is 0 Å². The van der Waals surface area contributed by atoms with Crippen LogP contribution in [0.3, 0.4) is 0 Å². The van der Waals surface area contributed by atoms with Gasteiger partial charge in [0.05, 0.1) is 0 Å². The standard InChI is InChI=1S/C21H25N3O3/c1-14(2)13-18(22-20(26)17-12-8-7-9-15(17)3)21(27)24-23-19(25)16-10-5-4-6-11-16/h4-12,14,18H,13H2,1-3H3,(H,22,26)(H,23,25)(H,24,27). The fourth-order valence-electron chi connectivity index (χ4n) is 2.63. The summed E-state index contributed by atoms with van der Waals surface area (Å²) in [5.74, 6) is -1.02. The number of carbonyl (C=O) groups is 3. The van der Waals surface area contributed by atoms with Crippen LogP contribution < -0.4 is 16.2 Å². The van der Waals surface area contributed by atoms with E-state index in [1.54, 1.807) is 42.5 Å². The third kappa shape index (κ3) is 5.95. The van der Waals surface area contributed by atoms with Crippen LogP contribution in [0.15, 0.2) is 54.6 Å². The van der Waals surface area contributed by atoms with Crippen molar-refractivity contribution in [1.82, 2.24) is 16.2 Å². The Kier molecular flexibility index (Phi) is 7.11. The van der Waals surface area contributed by atoms with E-state index in [0.29, 0.717) is 17.5 Å². The van der Waals surface area contributed by atoms with Crippen LogP contribution in [0, 0.1) is 12.8 Å².